The predicted molar refractivity (Wildman–Crippen MR) is 78.8 cm³/mol. The van der Waals surface area contributed by atoms with E-state index in [2.05, 4.69) is 22.1 Å². The summed E-state index contributed by atoms with van der Waals surface area (Å²) in [6.45, 7) is 4.23. The summed E-state index contributed by atoms with van der Waals surface area (Å²) in [5.41, 5.74) is 8.75. The molecular weight excluding hydrogens is 272 g/mol. The average molecular weight is 292 g/mol. The van der Waals surface area contributed by atoms with Crippen molar-refractivity contribution in [3.63, 3.8) is 0 Å². The van der Waals surface area contributed by atoms with Crippen LogP contribution >= 0.6 is 0 Å². The van der Waals surface area contributed by atoms with E-state index in [1.54, 1.807) is 6.20 Å². The topological polar surface area (TPSA) is 101 Å². The van der Waals surface area contributed by atoms with Crippen LogP contribution in [0.25, 0.3) is 0 Å². The van der Waals surface area contributed by atoms with Gasteiger partial charge in [-0.25, -0.2) is 9.78 Å². The molecule has 2 aliphatic heterocycles. The maximum atomic E-state index is 10.9. The first kappa shape index (κ1) is 13.8. The van der Waals surface area contributed by atoms with Gasteiger partial charge in [-0.15, -0.1) is 0 Å². The number of hydrogen-bond acceptors (Lipinski definition) is 5. The van der Waals surface area contributed by atoms with E-state index in [9.17, 15) is 4.79 Å². The number of hydrogen-bond donors (Lipinski definition) is 3. The van der Waals surface area contributed by atoms with Crippen LogP contribution in [0, 0.1) is 5.92 Å². The number of carboxylic acid groups (broad SMARTS) is 1. The van der Waals surface area contributed by atoms with Gasteiger partial charge in [0.1, 0.15) is 0 Å². The molecule has 1 amide bonds. The number of anilines is 2. The lowest BCUT2D eigenvalue weighted by Gasteiger charge is -2.38. The van der Waals surface area contributed by atoms with Gasteiger partial charge in [0.25, 0.3) is 0 Å². The number of pyridine rings is 1. The Morgan fingerprint density at radius 2 is 2.38 bits per heavy atom. The summed E-state index contributed by atoms with van der Waals surface area (Å²) in [7, 11) is 0. The normalized spacial score (nSPS) is 24.3. The van der Waals surface area contributed by atoms with E-state index < -0.39 is 6.09 Å². The molecule has 1 saturated heterocycles. The number of piperidine rings is 1. The minimum absolute atomic E-state index is 0.0863. The van der Waals surface area contributed by atoms with E-state index in [0.717, 1.165) is 30.6 Å². The number of rotatable bonds is 2. The van der Waals surface area contributed by atoms with E-state index in [1.807, 2.05) is 0 Å². The van der Waals surface area contributed by atoms with Crippen molar-refractivity contribution in [3.05, 3.63) is 11.8 Å². The maximum absolute atomic E-state index is 10.9. The number of nitrogen functional groups attached to an aromatic ring is 1. The Kier molecular flexibility index (Phi) is 3.48. The molecule has 0 aromatic carbocycles. The second kappa shape index (κ2) is 5.31. The molecule has 3 rings (SSSR count). The Morgan fingerprint density at radius 1 is 1.57 bits per heavy atom. The number of amides is 1. The van der Waals surface area contributed by atoms with Crippen molar-refractivity contribution < 1.29 is 14.6 Å². The third-order valence-electron chi connectivity index (χ3n) is 4.03. The van der Waals surface area contributed by atoms with Gasteiger partial charge in [0.05, 0.1) is 24.2 Å². The van der Waals surface area contributed by atoms with Crippen LogP contribution < -0.4 is 20.7 Å². The third-order valence-corrected chi connectivity index (χ3v) is 4.03. The molecule has 2 atom stereocenters. The van der Waals surface area contributed by atoms with Gasteiger partial charge in [-0.3, -0.25) is 0 Å². The first-order valence-corrected chi connectivity index (χ1v) is 7.19. The molecule has 3 heterocycles. The highest BCUT2D eigenvalue weighted by molar-refractivity contribution is 5.74. The van der Waals surface area contributed by atoms with Crippen LogP contribution in [0.1, 0.15) is 18.9 Å². The van der Waals surface area contributed by atoms with Crippen molar-refractivity contribution in [2.45, 2.75) is 25.8 Å². The summed E-state index contributed by atoms with van der Waals surface area (Å²) >= 11 is 0. The van der Waals surface area contributed by atoms with Gasteiger partial charge < -0.3 is 25.8 Å². The Hall–Kier alpha value is -2.18. The van der Waals surface area contributed by atoms with Gasteiger partial charge in [0, 0.05) is 31.1 Å². The Labute approximate surface area is 123 Å². The number of nitrogens with two attached hydrogens (primary N) is 1. The monoisotopic (exact) mass is 292 g/mol. The van der Waals surface area contributed by atoms with Crippen LogP contribution in [0.4, 0.5) is 16.2 Å². The lowest BCUT2D eigenvalue weighted by Crippen LogP contribution is -2.50. The fourth-order valence-corrected chi connectivity index (χ4v) is 3.33. The lowest BCUT2D eigenvalue weighted by molar-refractivity contribution is 0.186. The number of fused-ring (bicyclic) bond motifs is 1. The van der Waals surface area contributed by atoms with Crippen molar-refractivity contribution >= 4 is 17.5 Å². The SMILES string of the molecule is C[C@@H]1C[C@H](NC(=O)O)CN(c2c(N)cnc3c2CCO3)C1. The summed E-state index contributed by atoms with van der Waals surface area (Å²) < 4.78 is 5.50. The molecule has 0 aliphatic carbocycles. The van der Waals surface area contributed by atoms with Gasteiger partial charge in [0.15, 0.2) is 0 Å². The Bertz CT molecular complexity index is 563. The predicted octanol–water partition coefficient (Wildman–Crippen LogP) is 1.08. The zero-order valence-corrected chi connectivity index (χ0v) is 12.0. The minimum atomic E-state index is -0.981. The largest absolute Gasteiger partial charge is 0.477 e. The zero-order chi connectivity index (χ0) is 15.0. The van der Waals surface area contributed by atoms with Gasteiger partial charge in [0.2, 0.25) is 5.88 Å². The zero-order valence-electron chi connectivity index (χ0n) is 12.0. The summed E-state index contributed by atoms with van der Waals surface area (Å²) in [5.74, 6) is 1.04. The Morgan fingerprint density at radius 3 is 3.14 bits per heavy atom. The van der Waals surface area contributed by atoms with Crippen LogP contribution in [0.3, 0.4) is 0 Å². The molecule has 0 saturated carbocycles. The lowest BCUT2D eigenvalue weighted by atomic mass is 9.94. The van der Waals surface area contributed by atoms with Gasteiger partial charge in [-0.1, -0.05) is 6.92 Å². The fourth-order valence-electron chi connectivity index (χ4n) is 3.33. The second-order valence-electron chi connectivity index (χ2n) is 5.84. The van der Waals surface area contributed by atoms with Crippen LogP contribution in [-0.4, -0.2) is 41.9 Å². The number of ether oxygens (including phenoxy) is 1. The first-order chi connectivity index (χ1) is 10.0. The summed E-state index contributed by atoms with van der Waals surface area (Å²) in [6, 6.07) is -0.0863. The summed E-state index contributed by atoms with van der Waals surface area (Å²) in [5, 5.41) is 11.5. The average Bonchev–Trinajstić information content (AvgIpc) is 2.84. The van der Waals surface area contributed by atoms with E-state index in [-0.39, 0.29) is 6.04 Å². The van der Waals surface area contributed by atoms with Crippen LogP contribution in [-0.2, 0) is 6.42 Å². The molecule has 0 spiro atoms. The first-order valence-electron chi connectivity index (χ1n) is 7.19. The van der Waals surface area contributed by atoms with E-state index in [1.165, 1.54) is 0 Å². The van der Waals surface area contributed by atoms with Crippen molar-refractivity contribution in [3.8, 4) is 5.88 Å². The van der Waals surface area contributed by atoms with Gasteiger partial charge in [-0.2, -0.15) is 0 Å². The van der Waals surface area contributed by atoms with Crippen molar-refractivity contribution in [2.24, 2.45) is 5.92 Å². The third kappa shape index (κ3) is 2.68. The molecule has 0 unspecified atom stereocenters. The van der Waals surface area contributed by atoms with E-state index in [4.69, 9.17) is 15.6 Å². The second-order valence-corrected chi connectivity index (χ2v) is 5.84. The molecule has 1 fully saturated rings. The van der Waals surface area contributed by atoms with Crippen molar-refractivity contribution in [2.75, 3.05) is 30.3 Å². The van der Waals surface area contributed by atoms with Crippen molar-refractivity contribution in [1.29, 1.82) is 0 Å². The number of nitrogens with zero attached hydrogens (tertiary/aromatic N) is 2. The summed E-state index contributed by atoms with van der Waals surface area (Å²) in [4.78, 5) is 17.3. The molecule has 0 radical (unpaired) electrons. The molecule has 0 bridgehead atoms. The summed E-state index contributed by atoms with van der Waals surface area (Å²) in [6.07, 6.45) is 2.28. The fraction of sp³-hybridized carbons (Fsp3) is 0.571. The van der Waals surface area contributed by atoms with Crippen molar-refractivity contribution in [1.82, 2.24) is 10.3 Å². The molecule has 7 heteroatoms. The molecule has 7 nitrogen and oxygen atoms in total. The molecular formula is C14H20N4O3. The van der Waals surface area contributed by atoms with Gasteiger partial charge >= 0.3 is 6.09 Å². The quantitative estimate of drug-likeness (QED) is 0.754. The standard InChI is InChI=1S/C14H20N4O3/c1-8-4-9(17-14(19)20)7-18(6-8)12-10-2-3-21-13(10)16-5-11(12)15/h5,8-9,17H,2-4,6-7,15H2,1H3,(H,19,20)/t8-,9+/m1/s1. The van der Waals surface area contributed by atoms with Crippen LogP contribution in [0.2, 0.25) is 0 Å². The van der Waals surface area contributed by atoms with Crippen LogP contribution in [0.5, 0.6) is 5.88 Å². The molecule has 1 aromatic heterocycles. The smallest absolute Gasteiger partial charge is 0.404 e. The highest BCUT2D eigenvalue weighted by Crippen LogP contribution is 2.38. The van der Waals surface area contributed by atoms with Gasteiger partial charge in [-0.05, 0) is 12.3 Å². The molecule has 21 heavy (non-hydrogen) atoms. The molecule has 2 aliphatic rings. The highest BCUT2D eigenvalue weighted by atomic mass is 16.5. The minimum Gasteiger partial charge on any atom is -0.477 e. The number of nitrogens with one attached hydrogen (secondary N) is 1. The molecule has 4 N–H and O–H groups in total. The molecule has 114 valence electrons. The van der Waals surface area contributed by atoms with E-state index in [0.29, 0.717) is 30.6 Å². The van der Waals surface area contributed by atoms with E-state index >= 15 is 0 Å². The number of aromatic nitrogens is 1. The Balaban J connectivity index is 1.89. The van der Waals surface area contributed by atoms with Crippen LogP contribution in [0.15, 0.2) is 6.20 Å². The molecule has 1 aromatic rings. The maximum Gasteiger partial charge on any atom is 0.404 e. The highest BCUT2D eigenvalue weighted by Gasteiger charge is 2.30. The number of carbonyl (C=O) groups is 1.